The highest BCUT2D eigenvalue weighted by atomic mass is 15.1. The van der Waals surface area contributed by atoms with Crippen LogP contribution in [0.25, 0.3) is 0 Å². The van der Waals surface area contributed by atoms with E-state index >= 15 is 0 Å². The van der Waals surface area contributed by atoms with Crippen LogP contribution in [0.3, 0.4) is 0 Å². The molecule has 3 unspecified atom stereocenters. The molecular weight excluding hydrogens is 232 g/mol. The molecule has 0 aliphatic carbocycles. The van der Waals surface area contributed by atoms with Crippen molar-refractivity contribution in [3.8, 4) is 0 Å². The molecule has 2 heteroatoms. The highest BCUT2D eigenvalue weighted by Crippen LogP contribution is 2.44. The van der Waals surface area contributed by atoms with Gasteiger partial charge in [0.25, 0.3) is 0 Å². The van der Waals surface area contributed by atoms with E-state index in [9.17, 15) is 0 Å². The molecule has 0 amide bonds. The fourth-order valence-electron chi connectivity index (χ4n) is 3.72. The van der Waals surface area contributed by atoms with Crippen molar-refractivity contribution in [2.45, 2.75) is 39.2 Å². The van der Waals surface area contributed by atoms with Gasteiger partial charge < -0.3 is 10.6 Å². The first kappa shape index (κ1) is 14.5. The first-order valence-corrected chi connectivity index (χ1v) is 7.51. The highest BCUT2D eigenvalue weighted by molar-refractivity contribution is 5.17. The Morgan fingerprint density at radius 1 is 1.26 bits per heavy atom. The van der Waals surface area contributed by atoms with Gasteiger partial charge in [-0.2, -0.15) is 0 Å². The number of hydrogen-bond donors (Lipinski definition) is 1. The number of piperidine rings is 1. The van der Waals surface area contributed by atoms with E-state index in [1.54, 1.807) is 0 Å². The van der Waals surface area contributed by atoms with Gasteiger partial charge in [0.05, 0.1) is 0 Å². The van der Waals surface area contributed by atoms with Gasteiger partial charge in [-0.3, -0.25) is 0 Å². The third kappa shape index (κ3) is 3.18. The van der Waals surface area contributed by atoms with Crippen LogP contribution in [0.2, 0.25) is 0 Å². The lowest BCUT2D eigenvalue weighted by Gasteiger charge is -2.49. The molecule has 2 nitrogen and oxygen atoms in total. The number of nitrogens with zero attached hydrogens (tertiary/aromatic N) is 1. The Hall–Kier alpha value is -0.860. The zero-order valence-electron chi connectivity index (χ0n) is 12.6. The molecule has 1 aliphatic heterocycles. The van der Waals surface area contributed by atoms with Crippen molar-refractivity contribution < 1.29 is 0 Å². The minimum atomic E-state index is 0.377. The first-order valence-electron chi connectivity index (χ1n) is 7.51. The molecule has 1 aromatic rings. The third-order valence-electron chi connectivity index (χ3n) is 5.10. The molecule has 0 bridgehead atoms. The summed E-state index contributed by atoms with van der Waals surface area (Å²) in [6.45, 7) is 6.74. The number of nitrogens with two attached hydrogens (primary N) is 1. The maximum atomic E-state index is 5.93. The van der Waals surface area contributed by atoms with Crippen LogP contribution in [0, 0.1) is 11.3 Å². The lowest BCUT2D eigenvalue weighted by Crippen LogP contribution is -2.50. The van der Waals surface area contributed by atoms with Crippen molar-refractivity contribution in [1.29, 1.82) is 0 Å². The monoisotopic (exact) mass is 260 g/mol. The molecule has 1 heterocycles. The van der Waals surface area contributed by atoms with E-state index in [0.717, 1.165) is 13.0 Å². The van der Waals surface area contributed by atoms with Crippen LogP contribution in [0.5, 0.6) is 0 Å². The van der Waals surface area contributed by atoms with E-state index < -0.39 is 0 Å². The van der Waals surface area contributed by atoms with Crippen molar-refractivity contribution in [3.05, 3.63) is 35.9 Å². The van der Waals surface area contributed by atoms with Crippen molar-refractivity contribution in [3.63, 3.8) is 0 Å². The van der Waals surface area contributed by atoms with Crippen molar-refractivity contribution >= 4 is 0 Å². The van der Waals surface area contributed by atoms with Crippen LogP contribution in [0.4, 0.5) is 0 Å². The molecule has 1 saturated heterocycles. The average molecular weight is 260 g/mol. The van der Waals surface area contributed by atoms with Gasteiger partial charge in [0.1, 0.15) is 0 Å². The van der Waals surface area contributed by atoms with E-state index in [4.69, 9.17) is 5.73 Å². The van der Waals surface area contributed by atoms with E-state index in [0.29, 0.717) is 17.4 Å². The van der Waals surface area contributed by atoms with Gasteiger partial charge in [-0.25, -0.2) is 0 Å². The number of rotatable bonds is 4. The predicted octanol–water partition coefficient (Wildman–Crippen LogP) is 2.92. The minimum Gasteiger partial charge on any atom is -0.330 e. The Bertz CT molecular complexity index is 390. The SMILES string of the molecule is CC1CC(CCN)(Cc2ccccc2)C(C)CN1C. The normalized spacial score (nSPS) is 32.4. The maximum absolute atomic E-state index is 5.93. The lowest BCUT2D eigenvalue weighted by atomic mass is 9.64. The van der Waals surface area contributed by atoms with Crippen molar-refractivity contribution in [2.24, 2.45) is 17.1 Å². The molecule has 2 rings (SSSR count). The Balaban J connectivity index is 2.21. The smallest absolute Gasteiger partial charge is 0.00695 e. The molecule has 1 aliphatic rings. The van der Waals surface area contributed by atoms with Crippen LogP contribution in [-0.2, 0) is 6.42 Å². The zero-order chi connectivity index (χ0) is 13.9. The molecule has 19 heavy (non-hydrogen) atoms. The molecule has 0 saturated carbocycles. The van der Waals surface area contributed by atoms with E-state index in [1.165, 1.54) is 24.9 Å². The van der Waals surface area contributed by atoms with Gasteiger partial charge in [0, 0.05) is 12.6 Å². The Labute approximate surface area is 118 Å². The largest absolute Gasteiger partial charge is 0.330 e. The molecule has 106 valence electrons. The highest BCUT2D eigenvalue weighted by Gasteiger charge is 2.41. The van der Waals surface area contributed by atoms with Crippen molar-refractivity contribution in [2.75, 3.05) is 20.1 Å². The summed E-state index contributed by atoms with van der Waals surface area (Å²) in [5, 5.41) is 0. The standard InChI is InChI=1S/C17H28N2/c1-14-13-19(3)15(2)11-17(14,9-10-18)12-16-7-5-4-6-8-16/h4-8,14-15H,9-13,18H2,1-3H3. The maximum Gasteiger partial charge on any atom is 0.00695 e. The van der Waals surface area contributed by atoms with Gasteiger partial charge in [0.15, 0.2) is 0 Å². The summed E-state index contributed by atoms with van der Waals surface area (Å²) in [7, 11) is 2.25. The summed E-state index contributed by atoms with van der Waals surface area (Å²) >= 11 is 0. The van der Waals surface area contributed by atoms with E-state index in [2.05, 4.69) is 56.1 Å². The van der Waals surface area contributed by atoms with Gasteiger partial charge in [-0.15, -0.1) is 0 Å². The number of benzene rings is 1. The second kappa shape index (κ2) is 6.06. The van der Waals surface area contributed by atoms with Gasteiger partial charge in [-0.1, -0.05) is 37.3 Å². The molecule has 1 fully saturated rings. The summed E-state index contributed by atoms with van der Waals surface area (Å²) < 4.78 is 0. The average Bonchev–Trinajstić information content (AvgIpc) is 2.38. The number of likely N-dealkylation sites (tertiary alicyclic amines) is 1. The molecule has 0 spiro atoms. The first-order chi connectivity index (χ1) is 9.07. The van der Waals surface area contributed by atoms with Crippen LogP contribution >= 0.6 is 0 Å². The van der Waals surface area contributed by atoms with Crippen LogP contribution in [-0.4, -0.2) is 31.1 Å². The molecule has 0 radical (unpaired) electrons. The summed E-state index contributed by atoms with van der Waals surface area (Å²) in [6, 6.07) is 11.6. The fourth-order valence-corrected chi connectivity index (χ4v) is 3.72. The Morgan fingerprint density at radius 3 is 2.58 bits per heavy atom. The quantitative estimate of drug-likeness (QED) is 0.902. The minimum absolute atomic E-state index is 0.377. The summed E-state index contributed by atoms with van der Waals surface area (Å²) in [5.41, 5.74) is 7.76. The van der Waals surface area contributed by atoms with Crippen LogP contribution in [0.1, 0.15) is 32.3 Å². The Morgan fingerprint density at radius 2 is 1.95 bits per heavy atom. The molecule has 2 N–H and O–H groups in total. The second-order valence-corrected chi connectivity index (χ2v) is 6.46. The second-order valence-electron chi connectivity index (χ2n) is 6.46. The molecule has 3 atom stereocenters. The van der Waals surface area contributed by atoms with E-state index in [1.807, 2.05) is 0 Å². The third-order valence-corrected chi connectivity index (χ3v) is 5.10. The fraction of sp³-hybridized carbons (Fsp3) is 0.647. The summed E-state index contributed by atoms with van der Waals surface area (Å²) in [6.07, 6.45) is 3.57. The number of hydrogen-bond acceptors (Lipinski definition) is 2. The molecule has 1 aromatic carbocycles. The summed E-state index contributed by atoms with van der Waals surface area (Å²) in [5.74, 6) is 0.706. The van der Waals surface area contributed by atoms with Gasteiger partial charge in [0.2, 0.25) is 0 Å². The summed E-state index contributed by atoms with van der Waals surface area (Å²) in [4.78, 5) is 2.49. The van der Waals surface area contributed by atoms with Crippen LogP contribution in [0.15, 0.2) is 30.3 Å². The molecule has 0 aromatic heterocycles. The zero-order valence-corrected chi connectivity index (χ0v) is 12.6. The van der Waals surface area contributed by atoms with Gasteiger partial charge >= 0.3 is 0 Å². The van der Waals surface area contributed by atoms with Gasteiger partial charge in [-0.05, 0) is 56.7 Å². The molecular formula is C17H28N2. The van der Waals surface area contributed by atoms with Crippen LogP contribution < -0.4 is 5.73 Å². The lowest BCUT2D eigenvalue weighted by molar-refractivity contribution is 0.0148. The predicted molar refractivity (Wildman–Crippen MR) is 82.1 cm³/mol. The topological polar surface area (TPSA) is 29.3 Å². The van der Waals surface area contributed by atoms with Crippen molar-refractivity contribution in [1.82, 2.24) is 4.90 Å². The Kier molecular flexibility index (Phi) is 4.64. The van der Waals surface area contributed by atoms with E-state index in [-0.39, 0.29) is 0 Å².